The van der Waals surface area contributed by atoms with E-state index < -0.39 is 0 Å². The van der Waals surface area contributed by atoms with E-state index in [-0.39, 0.29) is 17.0 Å². The summed E-state index contributed by atoms with van der Waals surface area (Å²) in [6, 6.07) is 6.44. The van der Waals surface area contributed by atoms with Gasteiger partial charge in [0.15, 0.2) is 0 Å². The minimum Gasteiger partial charge on any atom is -0.310 e. The quantitative estimate of drug-likeness (QED) is 0.936. The lowest BCUT2D eigenvalue weighted by Crippen LogP contribution is -2.16. The van der Waals surface area contributed by atoms with Gasteiger partial charge in [0, 0.05) is 10.8 Å². The largest absolute Gasteiger partial charge is 0.310 e. The van der Waals surface area contributed by atoms with Crippen LogP contribution in [0.15, 0.2) is 30.5 Å². The van der Waals surface area contributed by atoms with E-state index in [9.17, 15) is 9.18 Å². The van der Waals surface area contributed by atoms with Gasteiger partial charge in [0.05, 0.1) is 11.9 Å². The van der Waals surface area contributed by atoms with Gasteiger partial charge in [-0.05, 0) is 24.5 Å². The van der Waals surface area contributed by atoms with Crippen molar-refractivity contribution >= 4 is 23.5 Å². The van der Waals surface area contributed by atoms with Crippen LogP contribution in [0.1, 0.15) is 31.1 Å². The first-order chi connectivity index (χ1) is 10.6. The van der Waals surface area contributed by atoms with Crippen molar-refractivity contribution in [3.63, 3.8) is 0 Å². The van der Waals surface area contributed by atoms with Crippen molar-refractivity contribution in [2.45, 2.75) is 25.5 Å². The third-order valence-electron chi connectivity index (χ3n) is 3.58. The predicted octanol–water partition coefficient (Wildman–Crippen LogP) is 3.78. The van der Waals surface area contributed by atoms with Gasteiger partial charge < -0.3 is 5.32 Å². The van der Waals surface area contributed by atoms with Crippen LogP contribution in [0, 0.1) is 11.7 Å². The second-order valence-corrected chi connectivity index (χ2v) is 6.98. The molecule has 1 amide bonds. The number of hydrogen-bond donors (Lipinski definition) is 1. The van der Waals surface area contributed by atoms with Crippen molar-refractivity contribution in [2.24, 2.45) is 5.92 Å². The van der Waals surface area contributed by atoms with E-state index in [1.54, 1.807) is 36.2 Å². The highest BCUT2D eigenvalue weighted by atomic mass is 32.2. The summed E-state index contributed by atoms with van der Waals surface area (Å²) in [5, 5.41) is 7.37. The summed E-state index contributed by atoms with van der Waals surface area (Å²) < 4.78 is 15.5. The second kappa shape index (κ2) is 6.12. The summed E-state index contributed by atoms with van der Waals surface area (Å²) in [5.41, 5.74) is 1.31. The number of aromatic nitrogens is 2. The smallest absolute Gasteiger partial charge is 0.235 e. The van der Waals surface area contributed by atoms with Crippen LogP contribution in [0.3, 0.4) is 0 Å². The van der Waals surface area contributed by atoms with Crippen molar-refractivity contribution in [3.8, 4) is 5.69 Å². The summed E-state index contributed by atoms with van der Waals surface area (Å²) in [6.07, 6.45) is 2.70. The van der Waals surface area contributed by atoms with E-state index in [0.717, 1.165) is 12.0 Å². The number of anilines is 1. The molecule has 0 saturated heterocycles. The second-order valence-electron chi connectivity index (χ2n) is 5.79. The molecule has 0 aliphatic carbocycles. The normalized spacial score (nSPS) is 18.0. The van der Waals surface area contributed by atoms with E-state index in [1.807, 2.05) is 0 Å². The summed E-state index contributed by atoms with van der Waals surface area (Å²) in [6.45, 7) is 4.31. The fourth-order valence-corrected chi connectivity index (χ4v) is 3.88. The molecule has 6 heteroatoms. The third-order valence-corrected chi connectivity index (χ3v) is 4.86. The maximum absolute atomic E-state index is 14.1. The van der Waals surface area contributed by atoms with Crippen LogP contribution in [0.25, 0.3) is 5.69 Å². The summed E-state index contributed by atoms with van der Waals surface area (Å²) in [4.78, 5) is 12.0. The van der Waals surface area contributed by atoms with Crippen molar-refractivity contribution in [2.75, 3.05) is 11.1 Å². The molecule has 2 heterocycles. The van der Waals surface area contributed by atoms with Gasteiger partial charge in [-0.3, -0.25) is 4.79 Å². The lowest BCUT2D eigenvalue weighted by molar-refractivity contribution is -0.113. The fourth-order valence-electron chi connectivity index (χ4n) is 2.59. The number of amides is 1. The Labute approximate surface area is 133 Å². The molecule has 1 aromatic carbocycles. The standard InChI is InChI=1S/C16H18FN3OS/c1-10(2)7-14-11-8-18-20(13-6-4-3-5-12(13)17)16(11)19-15(21)9-22-14/h3-6,8,10,14H,7,9H2,1-2H3,(H,19,21). The Morgan fingerprint density at radius 3 is 2.95 bits per heavy atom. The van der Waals surface area contributed by atoms with Gasteiger partial charge in [-0.2, -0.15) is 5.10 Å². The van der Waals surface area contributed by atoms with Gasteiger partial charge in [-0.1, -0.05) is 26.0 Å². The van der Waals surface area contributed by atoms with Crippen molar-refractivity contribution in [1.29, 1.82) is 0 Å². The Hall–Kier alpha value is -1.82. The molecule has 1 atom stereocenters. The molecule has 0 spiro atoms. The number of para-hydroxylation sites is 1. The van der Waals surface area contributed by atoms with E-state index in [2.05, 4.69) is 24.3 Å². The number of rotatable bonds is 3. The van der Waals surface area contributed by atoms with Gasteiger partial charge in [-0.25, -0.2) is 9.07 Å². The zero-order valence-corrected chi connectivity index (χ0v) is 13.4. The molecule has 1 aliphatic heterocycles. The number of hydrogen-bond acceptors (Lipinski definition) is 3. The zero-order valence-electron chi connectivity index (χ0n) is 12.5. The van der Waals surface area contributed by atoms with Gasteiger partial charge in [0.2, 0.25) is 5.91 Å². The Bertz CT molecular complexity index is 698. The number of carbonyl (C=O) groups is 1. The number of nitrogens with zero attached hydrogens (tertiary/aromatic N) is 2. The number of halogens is 1. The molecular weight excluding hydrogens is 301 g/mol. The highest BCUT2D eigenvalue weighted by Gasteiger charge is 2.27. The number of thioether (sulfide) groups is 1. The number of carbonyl (C=O) groups excluding carboxylic acids is 1. The Kier molecular flexibility index (Phi) is 4.20. The molecule has 0 fully saturated rings. The maximum atomic E-state index is 14.1. The molecule has 1 N–H and O–H groups in total. The van der Waals surface area contributed by atoms with Crippen molar-refractivity contribution in [3.05, 3.63) is 41.8 Å². The Morgan fingerprint density at radius 2 is 2.23 bits per heavy atom. The molecule has 1 aliphatic rings. The number of benzene rings is 1. The van der Waals surface area contributed by atoms with Crippen LogP contribution in [-0.2, 0) is 4.79 Å². The third kappa shape index (κ3) is 2.88. The molecule has 0 saturated carbocycles. The van der Waals surface area contributed by atoms with Gasteiger partial charge >= 0.3 is 0 Å². The van der Waals surface area contributed by atoms with Gasteiger partial charge in [0.25, 0.3) is 0 Å². The predicted molar refractivity (Wildman–Crippen MR) is 86.8 cm³/mol. The highest BCUT2D eigenvalue weighted by molar-refractivity contribution is 8.00. The Balaban J connectivity index is 2.07. The van der Waals surface area contributed by atoms with E-state index in [4.69, 9.17) is 0 Å². The monoisotopic (exact) mass is 319 g/mol. The minimum atomic E-state index is -0.361. The molecule has 1 aromatic heterocycles. The SMILES string of the molecule is CC(C)CC1SCC(=O)Nc2c1cnn2-c1ccccc1F. The molecule has 0 bridgehead atoms. The highest BCUT2D eigenvalue weighted by Crippen LogP contribution is 2.41. The average Bonchev–Trinajstić information content (AvgIpc) is 2.80. The van der Waals surface area contributed by atoms with Crippen molar-refractivity contribution in [1.82, 2.24) is 9.78 Å². The molecular formula is C16H18FN3OS. The van der Waals surface area contributed by atoms with Gasteiger partial charge in [-0.15, -0.1) is 11.8 Å². The molecule has 4 nitrogen and oxygen atoms in total. The lowest BCUT2D eigenvalue weighted by atomic mass is 10.0. The molecule has 2 aromatic rings. The van der Waals surface area contributed by atoms with Gasteiger partial charge in [0.1, 0.15) is 17.3 Å². The minimum absolute atomic E-state index is 0.0735. The van der Waals surface area contributed by atoms with E-state index >= 15 is 0 Å². The first kappa shape index (κ1) is 15.1. The molecule has 0 radical (unpaired) electrons. The Morgan fingerprint density at radius 1 is 1.45 bits per heavy atom. The molecule has 116 valence electrons. The lowest BCUT2D eigenvalue weighted by Gasteiger charge is -2.15. The number of fused-ring (bicyclic) bond motifs is 1. The average molecular weight is 319 g/mol. The van der Waals surface area contributed by atoms with Crippen molar-refractivity contribution < 1.29 is 9.18 Å². The summed E-state index contributed by atoms with van der Waals surface area (Å²) in [5.74, 6) is 1.07. The fraction of sp³-hybridized carbons (Fsp3) is 0.375. The van der Waals surface area contributed by atoms with Crippen LogP contribution >= 0.6 is 11.8 Å². The van der Waals surface area contributed by atoms with Crippen LogP contribution in [0.2, 0.25) is 0 Å². The molecule has 22 heavy (non-hydrogen) atoms. The van der Waals surface area contributed by atoms with Crippen LogP contribution in [0.4, 0.5) is 10.2 Å². The summed E-state index contributed by atoms with van der Waals surface area (Å²) >= 11 is 1.62. The molecule has 1 unspecified atom stereocenters. The van der Waals surface area contributed by atoms with E-state index in [1.165, 1.54) is 10.7 Å². The first-order valence-electron chi connectivity index (χ1n) is 7.30. The summed E-state index contributed by atoms with van der Waals surface area (Å²) in [7, 11) is 0. The number of nitrogens with one attached hydrogen (secondary N) is 1. The van der Waals surface area contributed by atoms with Crippen LogP contribution in [0.5, 0.6) is 0 Å². The maximum Gasteiger partial charge on any atom is 0.235 e. The topological polar surface area (TPSA) is 46.9 Å². The van der Waals surface area contributed by atoms with E-state index in [0.29, 0.717) is 23.2 Å². The zero-order chi connectivity index (χ0) is 15.7. The molecule has 3 rings (SSSR count). The first-order valence-corrected chi connectivity index (χ1v) is 8.35. The van der Waals surface area contributed by atoms with Crippen LogP contribution in [-0.4, -0.2) is 21.4 Å². The van der Waals surface area contributed by atoms with Crippen LogP contribution < -0.4 is 5.32 Å².